The fourth-order valence-corrected chi connectivity index (χ4v) is 4.23. The summed E-state index contributed by atoms with van der Waals surface area (Å²) < 4.78 is 21.3. The molecule has 1 fully saturated rings. The van der Waals surface area contributed by atoms with Crippen molar-refractivity contribution >= 4 is 11.5 Å². The lowest BCUT2D eigenvalue weighted by molar-refractivity contribution is 0.131. The maximum Gasteiger partial charge on any atom is 0.166 e. The molecule has 3 heterocycles. The Balaban J connectivity index is 1.76. The molecule has 33 heavy (non-hydrogen) atoms. The normalized spacial score (nSPS) is 13.8. The molecule has 1 radical (unpaired) electrons. The minimum Gasteiger partial charge on any atom is -0.375 e. The number of ether oxygens (including phenoxy) is 1. The quantitative estimate of drug-likeness (QED) is 0.436. The molecule has 1 aliphatic heterocycles. The average Bonchev–Trinajstić information content (AvgIpc) is 3.51. The van der Waals surface area contributed by atoms with E-state index in [-0.39, 0.29) is 5.82 Å². The molecule has 0 aliphatic carbocycles. The summed E-state index contributed by atoms with van der Waals surface area (Å²) in [4.78, 5) is 7.23. The molecule has 0 unspecified atom stereocenters. The highest BCUT2D eigenvalue weighted by Crippen LogP contribution is 2.34. The van der Waals surface area contributed by atoms with Gasteiger partial charge in [-0.1, -0.05) is 24.3 Å². The third-order valence-electron chi connectivity index (χ3n) is 5.96. The van der Waals surface area contributed by atoms with Gasteiger partial charge in [0.25, 0.3) is 0 Å². The second-order valence-electron chi connectivity index (χ2n) is 8.12. The Labute approximate surface area is 192 Å². The van der Waals surface area contributed by atoms with Crippen LogP contribution in [0.15, 0.2) is 54.6 Å². The molecular weight excluding hydrogens is 417 g/mol. The SMILES string of the molecule is CCOCc1nn2c(-c3ccc(F)cc3)cc(N3[CH]CCC3)nc2c1-c1ccc(CN)cc1. The smallest absolute Gasteiger partial charge is 0.166 e. The largest absolute Gasteiger partial charge is 0.375 e. The zero-order valence-corrected chi connectivity index (χ0v) is 18.7. The Kier molecular flexibility index (Phi) is 6.07. The molecule has 0 amide bonds. The van der Waals surface area contributed by atoms with Crippen molar-refractivity contribution < 1.29 is 9.13 Å². The van der Waals surface area contributed by atoms with Crippen molar-refractivity contribution in [3.05, 3.63) is 78.2 Å². The Morgan fingerprint density at radius 1 is 1.06 bits per heavy atom. The summed E-state index contributed by atoms with van der Waals surface area (Å²) in [6.07, 6.45) is 2.13. The summed E-state index contributed by atoms with van der Waals surface area (Å²) in [5.74, 6) is 0.595. The van der Waals surface area contributed by atoms with E-state index in [1.54, 1.807) is 12.1 Å². The number of fused-ring (bicyclic) bond motifs is 1. The summed E-state index contributed by atoms with van der Waals surface area (Å²) in [5, 5.41) is 4.92. The number of anilines is 1. The number of halogens is 1. The average molecular weight is 445 g/mol. The lowest BCUT2D eigenvalue weighted by Crippen LogP contribution is -2.16. The van der Waals surface area contributed by atoms with Crippen molar-refractivity contribution in [2.24, 2.45) is 5.73 Å². The molecule has 169 valence electrons. The molecule has 6 nitrogen and oxygen atoms in total. The van der Waals surface area contributed by atoms with E-state index in [2.05, 4.69) is 23.6 Å². The molecule has 0 saturated carbocycles. The molecule has 4 aromatic rings. The maximum absolute atomic E-state index is 13.7. The van der Waals surface area contributed by atoms with Crippen LogP contribution in [0.4, 0.5) is 10.2 Å². The van der Waals surface area contributed by atoms with Crippen LogP contribution in [0.5, 0.6) is 0 Å². The molecule has 5 rings (SSSR count). The summed E-state index contributed by atoms with van der Waals surface area (Å²) in [7, 11) is 0. The summed E-state index contributed by atoms with van der Waals surface area (Å²) >= 11 is 0. The lowest BCUT2D eigenvalue weighted by atomic mass is 10.0. The van der Waals surface area contributed by atoms with E-state index in [9.17, 15) is 4.39 Å². The molecule has 2 aromatic heterocycles. The first-order valence-corrected chi connectivity index (χ1v) is 11.3. The van der Waals surface area contributed by atoms with Crippen molar-refractivity contribution in [2.45, 2.75) is 32.9 Å². The highest BCUT2D eigenvalue weighted by Gasteiger charge is 2.23. The van der Waals surface area contributed by atoms with Gasteiger partial charge < -0.3 is 15.4 Å². The molecule has 1 saturated heterocycles. The van der Waals surface area contributed by atoms with Gasteiger partial charge in [0.1, 0.15) is 11.6 Å². The van der Waals surface area contributed by atoms with E-state index in [0.717, 1.165) is 64.5 Å². The molecule has 1 aliphatic rings. The first kappa shape index (κ1) is 21.6. The highest BCUT2D eigenvalue weighted by atomic mass is 19.1. The third kappa shape index (κ3) is 4.21. The zero-order valence-electron chi connectivity index (χ0n) is 18.7. The van der Waals surface area contributed by atoms with Crippen LogP contribution in [0.3, 0.4) is 0 Å². The summed E-state index contributed by atoms with van der Waals surface area (Å²) in [6.45, 7) is 6.53. The number of benzene rings is 2. The Morgan fingerprint density at radius 2 is 1.82 bits per heavy atom. The first-order valence-electron chi connectivity index (χ1n) is 11.3. The second-order valence-corrected chi connectivity index (χ2v) is 8.12. The van der Waals surface area contributed by atoms with Crippen LogP contribution in [0.25, 0.3) is 28.0 Å². The number of aromatic nitrogens is 3. The van der Waals surface area contributed by atoms with E-state index in [0.29, 0.717) is 19.8 Å². The molecule has 2 aromatic carbocycles. The summed E-state index contributed by atoms with van der Waals surface area (Å²) in [6, 6.07) is 16.7. The lowest BCUT2D eigenvalue weighted by Gasteiger charge is -2.18. The Morgan fingerprint density at radius 3 is 2.48 bits per heavy atom. The van der Waals surface area contributed by atoms with Gasteiger partial charge in [-0.25, -0.2) is 13.9 Å². The predicted octanol–water partition coefficient (Wildman–Crippen LogP) is 4.96. The first-order chi connectivity index (χ1) is 16.2. The Hall–Kier alpha value is -3.29. The number of hydrogen-bond acceptors (Lipinski definition) is 5. The van der Waals surface area contributed by atoms with Gasteiger partial charge in [-0.2, -0.15) is 5.10 Å². The monoisotopic (exact) mass is 444 g/mol. The standard InChI is InChI=1S/C26H27FN5O/c1-2-33-17-22-25(20-7-5-18(16-28)6-8-20)26-29-24(31-13-3-4-14-31)15-23(32(26)30-22)19-9-11-21(27)12-10-19/h5-13,15H,2-4,14,16-17,28H2,1H3. The van der Waals surface area contributed by atoms with Gasteiger partial charge in [0.15, 0.2) is 5.65 Å². The van der Waals surface area contributed by atoms with Crippen molar-refractivity contribution in [2.75, 3.05) is 18.1 Å². The van der Waals surface area contributed by atoms with E-state index in [1.165, 1.54) is 12.1 Å². The van der Waals surface area contributed by atoms with Crippen LogP contribution in [-0.4, -0.2) is 27.7 Å². The van der Waals surface area contributed by atoms with E-state index >= 15 is 0 Å². The number of hydrogen-bond donors (Lipinski definition) is 1. The van der Waals surface area contributed by atoms with Gasteiger partial charge in [-0.15, -0.1) is 0 Å². The van der Waals surface area contributed by atoms with Gasteiger partial charge >= 0.3 is 0 Å². The van der Waals surface area contributed by atoms with Crippen LogP contribution in [0.1, 0.15) is 31.0 Å². The van der Waals surface area contributed by atoms with Crippen LogP contribution >= 0.6 is 0 Å². The van der Waals surface area contributed by atoms with E-state index in [4.69, 9.17) is 20.6 Å². The van der Waals surface area contributed by atoms with Gasteiger partial charge in [-0.3, -0.25) is 0 Å². The number of rotatable bonds is 7. The number of nitrogens with two attached hydrogens (primary N) is 1. The molecule has 0 bridgehead atoms. The summed E-state index contributed by atoms with van der Waals surface area (Å²) in [5.41, 5.74) is 12.1. The molecule has 0 atom stereocenters. The number of nitrogens with zero attached hydrogens (tertiary/aromatic N) is 4. The molecule has 7 heteroatoms. The second kappa shape index (κ2) is 9.29. The minimum atomic E-state index is -0.268. The van der Waals surface area contributed by atoms with Crippen molar-refractivity contribution in [1.82, 2.24) is 14.6 Å². The Bertz CT molecular complexity index is 1240. The predicted molar refractivity (Wildman–Crippen MR) is 128 cm³/mol. The van der Waals surface area contributed by atoms with Crippen LogP contribution < -0.4 is 10.6 Å². The van der Waals surface area contributed by atoms with Gasteiger partial charge in [0, 0.05) is 31.3 Å². The van der Waals surface area contributed by atoms with Crippen molar-refractivity contribution in [3.63, 3.8) is 0 Å². The molecule has 2 N–H and O–H groups in total. The van der Waals surface area contributed by atoms with Gasteiger partial charge in [-0.05, 0) is 55.2 Å². The fraction of sp³-hybridized carbons (Fsp3) is 0.269. The topological polar surface area (TPSA) is 68.7 Å². The van der Waals surface area contributed by atoms with Crippen molar-refractivity contribution in [1.29, 1.82) is 0 Å². The highest BCUT2D eigenvalue weighted by molar-refractivity contribution is 5.83. The van der Waals surface area contributed by atoms with E-state index in [1.807, 2.05) is 29.6 Å². The molecule has 0 spiro atoms. The van der Waals surface area contributed by atoms with Crippen LogP contribution in [0, 0.1) is 12.4 Å². The van der Waals surface area contributed by atoms with Gasteiger partial charge in [0.05, 0.1) is 30.1 Å². The van der Waals surface area contributed by atoms with Crippen molar-refractivity contribution in [3.8, 4) is 22.4 Å². The third-order valence-corrected chi connectivity index (χ3v) is 5.96. The zero-order chi connectivity index (χ0) is 22.8. The maximum atomic E-state index is 13.7. The van der Waals surface area contributed by atoms with E-state index < -0.39 is 0 Å². The fourth-order valence-electron chi connectivity index (χ4n) is 4.23. The van der Waals surface area contributed by atoms with Crippen LogP contribution in [0.2, 0.25) is 0 Å². The van der Waals surface area contributed by atoms with Gasteiger partial charge in [0.2, 0.25) is 0 Å². The van der Waals surface area contributed by atoms with Crippen LogP contribution in [-0.2, 0) is 17.9 Å². The molecular formula is C26H27FN5O. The minimum absolute atomic E-state index is 0.268.